The number of carbonyl (C=O) groups excluding carboxylic acids is 1. The van der Waals surface area contributed by atoms with E-state index in [4.69, 9.17) is 4.74 Å². The molecule has 2 aromatic rings. The largest absolute Gasteiger partial charge is 0.375 e. The van der Waals surface area contributed by atoms with Gasteiger partial charge in [-0.3, -0.25) is 9.89 Å². The molecule has 1 aliphatic heterocycles. The maximum absolute atomic E-state index is 12.3. The van der Waals surface area contributed by atoms with Gasteiger partial charge in [0.1, 0.15) is 12.4 Å². The fourth-order valence-electron chi connectivity index (χ4n) is 2.34. The van der Waals surface area contributed by atoms with Crippen molar-refractivity contribution in [3.8, 4) is 11.4 Å². The van der Waals surface area contributed by atoms with Crippen LogP contribution in [0.2, 0.25) is 0 Å². The van der Waals surface area contributed by atoms with Gasteiger partial charge in [0.05, 0.1) is 12.7 Å². The van der Waals surface area contributed by atoms with Crippen LogP contribution in [0.25, 0.3) is 11.4 Å². The van der Waals surface area contributed by atoms with Gasteiger partial charge in [0.15, 0.2) is 5.82 Å². The van der Waals surface area contributed by atoms with Crippen molar-refractivity contribution in [1.29, 1.82) is 0 Å². The molecule has 21 heavy (non-hydrogen) atoms. The predicted molar refractivity (Wildman–Crippen MR) is 77.7 cm³/mol. The van der Waals surface area contributed by atoms with Gasteiger partial charge in [-0.15, -0.1) is 0 Å². The van der Waals surface area contributed by atoms with Gasteiger partial charge in [-0.25, -0.2) is 4.98 Å². The molecule has 0 bridgehead atoms. The minimum Gasteiger partial charge on any atom is -0.375 e. The standard InChI is InChI=1S/C14H17N5O2/c1-9-12(15-5-6-21-9)14(20)18-11-4-2-3-10(7-11)13-16-8-17-19-13/h2-4,7-9,12,15H,5-6H2,1H3,(H,18,20)(H,16,17,19)/t9-,12+/m1/s1. The summed E-state index contributed by atoms with van der Waals surface area (Å²) in [6, 6.07) is 7.12. The first kappa shape index (κ1) is 13.7. The van der Waals surface area contributed by atoms with Crippen LogP contribution in [0, 0.1) is 0 Å². The van der Waals surface area contributed by atoms with E-state index in [-0.39, 0.29) is 18.1 Å². The molecule has 1 fully saturated rings. The van der Waals surface area contributed by atoms with Crippen LogP contribution in [0.5, 0.6) is 0 Å². The van der Waals surface area contributed by atoms with Gasteiger partial charge in [-0.2, -0.15) is 5.10 Å². The highest BCUT2D eigenvalue weighted by Crippen LogP contribution is 2.19. The third-order valence-corrected chi connectivity index (χ3v) is 3.42. The molecule has 0 aliphatic carbocycles. The van der Waals surface area contributed by atoms with Crippen LogP contribution in [0.15, 0.2) is 30.6 Å². The SMILES string of the molecule is C[C@H]1OCCN[C@@H]1C(=O)Nc1cccc(-c2ncn[nH]2)c1. The van der Waals surface area contributed by atoms with Crippen LogP contribution < -0.4 is 10.6 Å². The van der Waals surface area contributed by atoms with Crippen molar-refractivity contribution >= 4 is 11.6 Å². The van der Waals surface area contributed by atoms with E-state index >= 15 is 0 Å². The van der Waals surface area contributed by atoms with Crippen LogP contribution in [-0.4, -0.2) is 46.4 Å². The number of anilines is 1. The van der Waals surface area contributed by atoms with Gasteiger partial charge in [-0.1, -0.05) is 12.1 Å². The summed E-state index contributed by atoms with van der Waals surface area (Å²) in [6.45, 7) is 3.20. The smallest absolute Gasteiger partial charge is 0.244 e. The van der Waals surface area contributed by atoms with Gasteiger partial charge in [0, 0.05) is 17.8 Å². The minimum atomic E-state index is -0.340. The van der Waals surface area contributed by atoms with Gasteiger partial charge in [0.25, 0.3) is 0 Å². The number of amides is 1. The molecule has 1 amide bonds. The number of aromatic nitrogens is 3. The van der Waals surface area contributed by atoms with E-state index in [1.165, 1.54) is 6.33 Å². The van der Waals surface area contributed by atoms with Gasteiger partial charge >= 0.3 is 0 Å². The lowest BCUT2D eigenvalue weighted by Crippen LogP contribution is -2.53. The number of nitrogens with zero attached hydrogens (tertiary/aromatic N) is 2. The Balaban J connectivity index is 1.73. The Morgan fingerprint density at radius 2 is 2.38 bits per heavy atom. The molecule has 7 heteroatoms. The zero-order valence-electron chi connectivity index (χ0n) is 11.7. The van der Waals surface area contributed by atoms with E-state index < -0.39 is 0 Å². The lowest BCUT2D eigenvalue weighted by molar-refractivity contribution is -0.123. The van der Waals surface area contributed by atoms with E-state index in [1.54, 1.807) is 0 Å². The number of carbonyl (C=O) groups is 1. The number of rotatable bonds is 3. The summed E-state index contributed by atoms with van der Waals surface area (Å²) in [7, 11) is 0. The topological polar surface area (TPSA) is 91.9 Å². The molecule has 0 spiro atoms. The monoisotopic (exact) mass is 287 g/mol. The van der Waals surface area contributed by atoms with Crippen molar-refractivity contribution in [2.24, 2.45) is 0 Å². The Bertz CT molecular complexity index is 614. The molecule has 0 radical (unpaired) electrons. The van der Waals surface area contributed by atoms with Crippen molar-refractivity contribution in [3.63, 3.8) is 0 Å². The van der Waals surface area contributed by atoms with Crippen molar-refractivity contribution in [1.82, 2.24) is 20.5 Å². The average Bonchev–Trinajstić information content (AvgIpc) is 3.02. The summed E-state index contributed by atoms with van der Waals surface area (Å²) in [5.74, 6) is 0.565. The predicted octanol–water partition coefficient (Wildman–Crippen LogP) is 0.787. The molecule has 110 valence electrons. The molecular formula is C14H17N5O2. The summed E-state index contributed by atoms with van der Waals surface area (Å²) in [5, 5.41) is 12.7. The molecule has 2 heterocycles. The molecule has 1 aromatic heterocycles. The van der Waals surface area contributed by atoms with Gasteiger partial charge in [-0.05, 0) is 19.1 Å². The van der Waals surface area contributed by atoms with Crippen LogP contribution in [0.4, 0.5) is 5.69 Å². The molecule has 7 nitrogen and oxygen atoms in total. The van der Waals surface area contributed by atoms with Crippen LogP contribution in [0.1, 0.15) is 6.92 Å². The first-order valence-electron chi connectivity index (χ1n) is 6.86. The van der Waals surface area contributed by atoms with E-state index in [1.807, 2.05) is 31.2 Å². The van der Waals surface area contributed by atoms with E-state index in [2.05, 4.69) is 25.8 Å². The molecule has 2 atom stereocenters. The van der Waals surface area contributed by atoms with Crippen LogP contribution in [-0.2, 0) is 9.53 Å². The zero-order chi connectivity index (χ0) is 14.7. The third-order valence-electron chi connectivity index (χ3n) is 3.42. The molecule has 0 saturated carbocycles. The molecule has 3 rings (SSSR count). The second kappa shape index (κ2) is 6.02. The number of hydrogen-bond acceptors (Lipinski definition) is 5. The Labute approximate surface area is 122 Å². The van der Waals surface area contributed by atoms with Gasteiger partial charge in [0.2, 0.25) is 5.91 Å². The summed E-state index contributed by atoms with van der Waals surface area (Å²) in [4.78, 5) is 16.4. The summed E-state index contributed by atoms with van der Waals surface area (Å²) in [6.07, 6.45) is 1.31. The number of ether oxygens (including phenoxy) is 1. The Morgan fingerprint density at radius 3 is 3.14 bits per heavy atom. The number of aromatic amines is 1. The second-order valence-electron chi connectivity index (χ2n) is 4.91. The number of morpholine rings is 1. The number of H-pyrrole nitrogens is 1. The molecule has 1 saturated heterocycles. The third kappa shape index (κ3) is 3.09. The quantitative estimate of drug-likeness (QED) is 0.776. The van der Waals surface area contributed by atoms with Crippen molar-refractivity contribution < 1.29 is 9.53 Å². The van der Waals surface area contributed by atoms with E-state index in [0.29, 0.717) is 24.7 Å². The minimum absolute atomic E-state index is 0.100. The summed E-state index contributed by atoms with van der Waals surface area (Å²) < 4.78 is 5.49. The highest BCUT2D eigenvalue weighted by Gasteiger charge is 2.28. The fraction of sp³-hybridized carbons (Fsp3) is 0.357. The van der Waals surface area contributed by atoms with E-state index in [0.717, 1.165) is 5.56 Å². The van der Waals surface area contributed by atoms with Crippen molar-refractivity contribution in [2.45, 2.75) is 19.1 Å². The second-order valence-corrected chi connectivity index (χ2v) is 4.91. The lowest BCUT2D eigenvalue weighted by atomic mass is 10.1. The summed E-state index contributed by atoms with van der Waals surface area (Å²) >= 11 is 0. The van der Waals surface area contributed by atoms with Crippen LogP contribution >= 0.6 is 0 Å². The number of benzene rings is 1. The maximum atomic E-state index is 12.3. The average molecular weight is 287 g/mol. The fourth-order valence-corrected chi connectivity index (χ4v) is 2.34. The Hall–Kier alpha value is -2.25. The summed E-state index contributed by atoms with van der Waals surface area (Å²) in [5.41, 5.74) is 1.58. The zero-order valence-corrected chi connectivity index (χ0v) is 11.7. The maximum Gasteiger partial charge on any atom is 0.244 e. The molecule has 3 N–H and O–H groups in total. The van der Waals surface area contributed by atoms with Crippen molar-refractivity contribution in [2.75, 3.05) is 18.5 Å². The molecule has 1 aromatic carbocycles. The number of hydrogen-bond donors (Lipinski definition) is 3. The molecule has 1 aliphatic rings. The highest BCUT2D eigenvalue weighted by atomic mass is 16.5. The van der Waals surface area contributed by atoms with Crippen molar-refractivity contribution in [3.05, 3.63) is 30.6 Å². The first-order chi connectivity index (χ1) is 10.2. The van der Waals surface area contributed by atoms with Crippen LogP contribution in [0.3, 0.4) is 0 Å². The molecule has 0 unspecified atom stereocenters. The highest BCUT2D eigenvalue weighted by molar-refractivity contribution is 5.95. The Morgan fingerprint density at radius 1 is 1.48 bits per heavy atom. The number of nitrogens with one attached hydrogen (secondary N) is 3. The lowest BCUT2D eigenvalue weighted by Gasteiger charge is -2.29. The first-order valence-corrected chi connectivity index (χ1v) is 6.86. The Kier molecular flexibility index (Phi) is 3.94. The molecular weight excluding hydrogens is 270 g/mol. The normalized spacial score (nSPS) is 22.0. The van der Waals surface area contributed by atoms with Gasteiger partial charge < -0.3 is 15.4 Å². The van der Waals surface area contributed by atoms with E-state index in [9.17, 15) is 4.79 Å².